The summed E-state index contributed by atoms with van der Waals surface area (Å²) in [5.41, 5.74) is 1.14. The molecule has 5 nitrogen and oxygen atoms in total. The van der Waals surface area contributed by atoms with Crippen molar-refractivity contribution in [3.05, 3.63) is 52.4 Å². The molecule has 2 aromatic heterocycles. The molecular weight excluding hydrogens is 298 g/mol. The molecule has 0 saturated heterocycles. The van der Waals surface area contributed by atoms with E-state index in [9.17, 15) is 4.79 Å². The highest BCUT2D eigenvalue weighted by molar-refractivity contribution is 9.10. The van der Waals surface area contributed by atoms with Gasteiger partial charge in [0, 0.05) is 29.6 Å². The van der Waals surface area contributed by atoms with Crippen LogP contribution in [-0.2, 0) is 6.54 Å². The van der Waals surface area contributed by atoms with Gasteiger partial charge in [-0.15, -0.1) is 0 Å². The summed E-state index contributed by atoms with van der Waals surface area (Å²) >= 11 is 3.20. The van der Waals surface area contributed by atoms with Gasteiger partial charge in [0.15, 0.2) is 0 Å². The topological polar surface area (TPSA) is 75.1 Å². The maximum Gasteiger partial charge on any atom is 0.339 e. The van der Waals surface area contributed by atoms with Gasteiger partial charge >= 0.3 is 5.97 Å². The Bertz CT molecular complexity index is 561. The van der Waals surface area contributed by atoms with Crippen molar-refractivity contribution >= 4 is 27.7 Å². The second-order valence-corrected chi connectivity index (χ2v) is 4.48. The van der Waals surface area contributed by atoms with Crippen molar-refractivity contribution in [1.29, 1.82) is 0 Å². The lowest BCUT2D eigenvalue weighted by atomic mass is 10.2. The lowest BCUT2D eigenvalue weighted by Gasteiger charge is -2.08. The molecule has 0 aliphatic heterocycles. The molecule has 2 rings (SSSR count). The second-order valence-electron chi connectivity index (χ2n) is 3.56. The molecule has 0 spiro atoms. The number of aromatic carboxylic acids is 1. The molecular formula is C12H10BrN3O2. The van der Waals surface area contributed by atoms with E-state index < -0.39 is 5.97 Å². The summed E-state index contributed by atoms with van der Waals surface area (Å²) in [6, 6.07) is 5.23. The van der Waals surface area contributed by atoms with E-state index in [1.807, 2.05) is 12.1 Å². The molecule has 2 aromatic rings. The average Bonchev–Trinajstić information content (AvgIpc) is 2.38. The highest BCUT2D eigenvalue weighted by atomic mass is 79.9. The summed E-state index contributed by atoms with van der Waals surface area (Å²) in [7, 11) is 0. The number of rotatable bonds is 4. The third kappa shape index (κ3) is 3.04. The summed E-state index contributed by atoms with van der Waals surface area (Å²) in [4.78, 5) is 19.0. The smallest absolute Gasteiger partial charge is 0.339 e. The predicted molar refractivity (Wildman–Crippen MR) is 70.5 cm³/mol. The Kier molecular flexibility index (Phi) is 3.88. The van der Waals surface area contributed by atoms with Crippen LogP contribution in [0, 0.1) is 0 Å². The van der Waals surface area contributed by atoms with Gasteiger partial charge in [0.1, 0.15) is 11.4 Å². The van der Waals surface area contributed by atoms with Crippen molar-refractivity contribution in [3.8, 4) is 0 Å². The zero-order valence-corrected chi connectivity index (χ0v) is 10.9. The molecule has 0 atom stereocenters. The minimum atomic E-state index is -1.01. The molecule has 0 unspecified atom stereocenters. The molecule has 0 aliphatic carbocycles. The number of hydrogen-bond acceptors (Lipinski definition) is 4. The first-order valence-electron chi connectivity index (χ1n) is 5.18. The van der Waals surface area contributed by atoms with E-state index in [4.69, 9.17) is 5.11 Å². The van der Waals surface area contributed by atoms with Crippen LogP contribution in [0.4, 0.5) is 5.82 Å². The SMILES string of the molecule is O=C(O)c1cc(Br)cnc1NCc1ccncc1. The standard InChI is InChI=1S/C12H10BrN3O2/c13-9-5-10(12(17)18)11(16-7-9)15-6-8-1-3-14-4-2-8/h1-5,7H,6H2,(H,15,16)(H,17,18). The van der Waals surface area contributed by atoms with Gasteiger partial charge in [-0.1, -0.05) is 0 Å². The van der Waals surface area contributed by atoms with Crippen molar-refractivity contribution in [3.63, 3.8) is 0 Å². The molecule has 2 heterocycles. The number of nitrogens with zero attached hydrogens (tertiary/aromatic N) is 2. The quantitative estimate of drug-likeness (QED) is 0.908. The van der Waals surface area contributed by atoms with E-state index in [0.717, 1.165) is 5.56 Å². The Morgan fingerprint density at radius 1 is 1.39 bits per heavy atom. The molecule has 0 amide bonds. The summed E-state index contributed by atoms with van der Waals surface area (Å²) < 4.78 is 0.634. The van der Waals surface area contributed by atoms with Crippen LogP contribution in [0.1, 0.15) is 15.9 Å². The fourth-order valence-electron chi connectivity index (χ4n) is 1.43. The third-order valence-electron chi connectivity index (χ3n) is 2.29. The van der Waals surface area contributed by atoms with Crippen LogP contribution in [0.3, 0.4) is 0 Å². The van der Waals surface area contributed by atoms with Crippen LogP contribution in [-0.4, -0.2) is 21.0 Å². The predicted octanol–water partition coefficient (Wildman–Crippen LogP) is 2.55. The third-order valence-corrected chi connectivity index (χ3v) is 2.73. The lowest BCUT2D eigenvalue weighted by molar-refractivity contribution is 0.0697. The van der Waals surface area contributed by atoms with Gasteiger partial charge in [-0.2, -0.15) is 0 Å². The number of pyridine rings is 2. The van der Waals surface area contributed by atoms with Crippen molar-refractivity contribution in [2.24, 2.45) is 0 Å². The van der Waals surface area contributed by atoms with Crippen molar-refractivity contribution in [1.82, 2.24) is 9.97 Å². The van der Waals surface area contributed by atoms with Crippen LogP contribution < -0.4 is 5.32 Å². The van der Waals surface area contributed by atoms with Gasteiger partial charge in [-0.05, 0) is 39.7 Å². The van der Waals surface area contributed by atoms with Crippen molar-refractivity contribution < 1.29 is 9.90 Å². The summed E-state index contributed by atoms with van der Waals surface area (Å²) in [5, 5.41) is 12.1. The minimum Gasteiger partial charge on any atom is -0.478 e. The Morgan fingerprint density at radius 3 is 2.78 bits per heavy atom. The molecule has 18 heavy (non-hydrogen) atoms. The van der Waals surface area contributed by atoms with E-state index in [0.29, 0.717) is 16.8 Å². The molecule has 0 fully saturated rings. The lowest BCUT2D eigenvalue weighted by Crippen LogP contribution is -2.08. The summed E-state index contributed by atoms with van der Waals surface area (Å²) in [6.45, 7) is 0.497. The van der Waals surface area contributed by atoms with Crippen LogP contribution in [0.2, 0.25) is 0 Å². The Hall–Kier alpha value is -1.95. The number of carboxylic acid groups (broad SMARTS) is 1. The highest BCUT2D eigenvalue weighted by Gasteiger charge is 2.11. The Labute approximate surface area is 112 Å². The van der Waals surface area contributed by atoms with Crippen LogP contribution in [0.15, 0.2) is 41.3 Å². The maximum atomic E-state index is 11.1. The van der Waals surface area contributed by atoms with Gasteiger partial charge in [-0.25, -0.2) is 9.78 Å². The minimum absolute atomic E-state index is 0.137. The van der Waals surface area contributed by atoms with E-state index in [-0.39, 0.29) is 5.56 Å². The largest absolute Gasteiger partial charge is 0.478 e. The van der Waals surface area contributed by atoms with E-state index in [1.54, 1.807) is 18.6 Å². The molecule has 0 radical (unpaired) electrons. The van der Waals surface area contributed by atoms with Crippen LogP contribution in [0.25, 0.3) is 0 Å². The van der Waals surface area contributed by atoms with E-state index >= 15 is 0 Å². The zero-order valence-electron chi connectivity index (χ0n) is 9.30. The first-order chi connectivity index (χ1) is 8.66. The molecule has 0 aliphatic rings. The van der Waals surface area contributed by atoms with Gasteiger partial charge in [0.05, 0.1) is 0 Å². The number of carbonyl (C=O) groups is 1. The van der Waals surface area contributed by atoms with Gasteiger partial charge in [0.2, 0.25) is 0 Å². The molecule has 0 bridgehead atoms. The molecule has 0 saturated carbocycles. The number of anilines is 1. The average molecular weight is 308 g/mol. The van der Waals surface area contributed by atoms with Crippen molar-refractivity contribution in [2.45, 2.75) is 6.54 Å². The second kappa shape index (κ2) is 5.59. The van der Waals surface area contributed by atoms with Crippen LogP contribution >= 0.6 is 15.9 Å². The Balaban J connectivity index is 2.17. The van der Waals surface area contributed by atoms with Crippen molar-refractivity contribution in [2.75, 3.05) is 5.32 Å². The summed E-state index contributed by atoms with van der Waals surface area (Å²) in [6.07, 6.45) is 4.93. The van der Waals surface area contributed by atoms with Gasteiger partial charge in [-0.3, -0.25) is 4.98 Å². The van der Waals surface area contributed by atoms with E-state index in [1.165, 1.54) is 6.07 Å². The molecule has 6 heteroatoms. The summed E-state index contributed by atoms with van der Waals surface area (Å²) in [5.74, 6) is -0.663. The van der Waals surface area contributed by atoms with E-state index in [2.05, 4.69) is 31.2 Å². The zero-order chi connectivity index (χ0) is 13.0. The van der Waals surface area contributed by atoms with Gasteiger partial charge in [0.25, 0.3) is 0 Å². The molecule has 2 N–H and O–H groups in total. The first kappa shape index (κ1) is 12.5. The number of carboxylic acids is 1. The van der Waals surface area contributed by atoms with Gasteiger partial charge < -0.3 is 10.4 Å². The maximum absolute atomic E-state index is 11.1. The normalized spacial score (nSPS) is 10.1. The Morgan fingerprint density at radius 2 is 2.11 bits per heavy atom. The first-order valence-corrected chi connectivity index (χ1v) is 5.98. The molecule has 0 aromatic carbocycles. The fraction of sp³-hybridized carbons (Fsp3) is 0.0833. The molecule has 92 valence electrons. The number of hydrogen-bond donors (Lipinski definition) is 2. The number of halogens is 1. The highest BCUT2D eigenvalue weighted by Crippen LogP contribution is 2.18. The number of aromatic nitrogens is 2. The number of nitrogens with one attached hydrogen (secondary N) is 1. The fourth-order valence-corrected chi connectivity index (χ4v) is 1.76. The monoisotopic (exact) mass is 307 g/mol. The van der Waals surface area contributed by atoms with Crippen LogP contribution in [0.5, 0.6) is 0 Å².